The van der Waals surface area contributed by atoms with Crippen molar-refractivity contribution in [3.8, 4) is 0 Å². The summed E-state index contributed by atoms with van der Waals surface area (Å²) < 4.78 is 6.80. The largest absolute Gasteiger partial charge is 0.457 e. The number of aromatic nitrogens is 2. The van der Waals surface area contributed by atoms with Crippen molar-refractivity contribution < 1.29 is 19.1 Å². The zero-order valence-electron chi connectivity index (χ0n) is 19.2. The Balaban J connectivity index is 1.38. The molecule has 1 saturated carbocycles. The third kappa shape index (κ3) is 4.86. The van der Waals surface area contributed by atoms with Crippen LogP contribution in [0.1, 0.15) is 56.1 Å². The Bertz CT molecular complexity index is 872. The lowest BCUT2D eigenvalue weighted by molar-refractivity contribution is -0.921. The number of aliphatic hydroxyl groups is 1. The van der Waals surface area contributed by atoms with Crippen LogP contribution in [0.15, 0.2) is 49.1 Å². The van der Waals surface area contributed by atoms with Gasteiger partial charge in [-0.25, -0.2) is 14.8 Å². The van der Waals surface area contributed by atoms with Gasteiger partial charge >= 0.3 is 5.97 Å². The molecule has 1 aromatic carbocycles. The van der Waals surface area contributed by atoms with Crippen LogP contribution in [0.3, 0.4) is 0 Å². The fourth-order valence-corrected chi connectivity index (χ4v) is 5.68. The first-order chi connectivity index (χ1) is 15.5. The van der Waals surface area contributed by atoms with Gasteiger partial charge in [-0.2, -0.15) is 0 Å². The lowest BCUT2D eigenvalue weighted by Crippen LogP contribution is -2.52. The van der Waals surface area contributed by atoms with Gasteiger partial charge < -0.3 is 14.3 Å². The average molecular weight is 439 g/mol. The molecule has 0 radical (unpaired) electrons. The molecule has 2 heterocycles. The summed E-state index contributed by atoms with van der Waals surface area (Å²) in [4.78, 5) is 21.5. The van der Waals surface area contributed by atoms with Crippen LogP contribution in [0, 0.1) is 5.92 Å². The summed E-state index contributed by atoms with van der Waals surface area (Å²) in [5.41, 5.74) is 0.268. The van der Waals surface area contributed by atoms with Crippen LogP contribution in [0.5, 0.6) is 0 Å². The van der Waals surface area contributed by atoms with E-state index in [9.17, 15) is 9.90 Å². The van der Waals surface area contributed by atoms with Crippen molar-refractivity contribution in [3.05, 3.63) is 60.2 Å². The summed E-state index contributed by atoms with van der Waals surface area (Å²) in [6, 6.07) is 9.64. The van der Waals surface area contributed by atoms with Crippen LogP contribution in [0.2, 0.25) is 0 Å². The molecule has 6 heteroatoms. The molecule has 0 bridgehead atoms. The number of likely N-dealkylation sites (tertiary alicyclic amines) is 1. The van der Waals surface area contributed by atoms with E-state index in [0.717, 1.165) is 74.5 Å². The summed E-state index contributed by atoms with van der Waals surface area (Å²) in [5, 5.41) is 11.6. The number of aryl methyl sites for hydroxylation is 1. The van der Waals surface area contributed by atoms with Gasteiger partial charge in [0.15, 0.2) is 5.60 Å². The number of nitrogens with zero attached hydrogens (tertiary/aromatic N) is 3. The van der Waals surface area contributed by atoms with E-state index in [4.69, 9.17) is 4.74 Å². The van der Waals surface area contributed by atoms with Crippen molar-refractivity contribution in [1.29, 1.82) is 0 Å². The first kappa shape index (κ1) is 22.9. The van der Waals surface area contributed by atoms with E-state index < -0.39 is 11.6 Å². The molecular formula is C26H36N3O3+. The van der Waals surface area contributed by atoms with Gasteiger partial charge in [0.25, 0.3) is 0 Å². The van der Waals surface area contributed by atoms with Gasteiger partial charge in [0.05, 0.1) is 20.1 Å². The highest BCUT2D eigenvalue weighted by Crippen LogP contribution is 2.41. The molecule has 2 fully saturated rings. The van der Waals surface area contributed by atoms with Gasteiger partial charge in [-0.05, 0) is 30.4 Å². The lowest BCUT2D eigenvalue weighted by Gasteiger charge is -2.37. The van der Waals surface area contributed by atoms with Crippen molar-refractivity contribution in [2.24, 2.45) is 5.92 Å². The fourth-order valence-electron chi connectivity index (χ4n) is 5.68. The SMILES string of the molecule is C[N+]1(CCCc2cncnc2)CCCC1COC(=O)[C@](O)(c1ccccc1)C1CCCC1. The van der Waals surface area contributed by atoms with E-state index >= 15 is 0 Å². The predicted molar refractivity (Wildman–Crippen MR) is 123 cm³/mol. The Hall–Kier alpha value is -2.31. The van der Waals surface area contributed by atoms with Crippen LogP contribution in [0.25, 0.3) is 0 Å². The third-order valence-electron chi connectivity index (χ3n) is 7.71. The molecule has 2 aliphatic rings. The highest BCUT2D eigenvalue weighted by Gasteiger charge is 2.48. The normalized spacial score (nSPS) is 25.5. The Labute approximate surface area is 191 Å². The highest BCUT2D eigenvalue weighted by molar-refractivity contribution is 5.81. The van der Waals surface area contributed by atoms with Crippen LogP contribution >= 0.6 is 0 Å². The van der Waals surface area contributed by atoms with E-state index in [-0.39, 0.29) is 12.0 Å². The maximum atomic E-state index is 13.3. The quantitative estimate of drug-likeness (QED) is 0.478. The third-order valence-corrected chi connectivity index (χ3v) is 7.71. The molecule has 0 spiro atoms. The van der Waals surface area contributed by atoms with Gasteiger partial charge in [-0.1, -0.05) is 43.2 Å². The number of hydrogen-bond acceptors (Lipinski definition) is 5. The molecule has 1 N–H and O–H groups in total. The number of carbonyl (C=O) groups is 1. The number of ether oxygens (including phenoxy) is 1. The standard InChI is InChI=1S/C26H36N3O3/c1-29(15-7-9-21-17-27-20-28-18-21)16-8-14-24(29)19-32-25(30)26(31,23-12-5-6-13-23)22-10-3-2-4-11-22/h2-4,10-11,17-18,20,23-24,31H,5-9,12-16,19H2,1H3/q+1/t24?,26-,29?/m0/s1. The Kier molecular flexibility index (Phi) is 7.21. The zero-order chi connectivity index (χ0) is 22.4. The fraction of sp³-hybridized carbons (Fsp3) is 0.577. The molecule has 32 heavy (non-hydrogen) atoms. The summed E-state index contributed by atoms with van der Waals surface area (Å²) >= 11 is 0. The van der Waals surface area contributed by atoms with Crippen LogP contribution in [0.4, 0.5) is 0 Å². The Morgan fingerprint density at radius 2 is 1.84 bits per heavy atom. The molecule has 2 aromatic rings. The second-order valence-corrected chi connectivity index (χ2v) is 9.79. The topological polar surface area (TPSA) is 72.3 Å². The summed E-state index contributed by atoms with van der Waals surface area (Å²) in [7, 11) is 2.27. The maximum Gasteiger partial charge on any atom is 0.343 e. The van der Waals surface area contributed by atoms with Crippen LogP contribution in [-0.2, 0) is 21.6 Å². The van der Waals surface area contributed by atoms with Gasteiger partial charge in [0.1, 0.15) is 19.0 Å². The minimum Gasteiger partial charge on any atom is -0.457 e. The molecule has 6 nitrogen and oxygen atoms in total. The van der Waals surface area contributed by atoms with E-state index in [2.05, 4.69) is 17.0 Å². The number of quaternary nitrogens is 1. The average Bonchev–Trinajstić information content (AvgIpc) is 3.49. The van der Waals surface area contributed by atoms with Crippen LogP contribution in [-0.4, -0.2) is 58.3 Å². The lowest BCUT2D eigenvalue weighted by atomic mass is 9.80. The molecule has 1 aliphatic carbocycles. The molecule has 4 rings (SSSR count). The summed E-state index contributed by atoms with van der Waals surface area (Å²) in [6.07, 6.45) is 13.3. The Morgan fingerprint density at radius 1 is 1.12 bits per heavy atom. The Morgan fingerprint density at radius 3 is 2.56 bits per heavy atom. The number of likely N-dealkylation sites (N-methyl/N-ethyl adjacent to an activating group) is 1. The van der Waals surface area contributed by atoms with Gasteiger partial charge in [0, 0.05) is 37.6 Å². The number of benzene rings is 1. The van der Waals surface area contributed by atoms with Crippen molar-refractivity contribution in [2.75, 3.05) is 26.7 Å². The first-order valence-corrected chi connectivity index (χ1v) is 12.1. The monoisotopic (exact) mass is 438 g/mol. The molecule has 3 atom stereocenters. The second kappa shape index (κ2) is 10.1. The molecule has 1 saturated heterocycles. The van der Waals surface area contributed by atoms with E-state index in [0.29, 0.717) is 12.2 Å². The van der Waals surface area contributed by atoms with E-state index in [1.165, 1.54) is 0 Å². The smallest absolute Gasteiger partial charge is 0.343 e. The number of carbonyl (C=O) groups excluding carboxylic acids is 1. The van der Waals surface area contributed by atoms with E-state index in [1.807, 2.05) is 42.7 Å². The predicted octanol–water partition coefficient (Wildman–Crippen LogP) is 3.64. The number of hydrogen-bond donors (Lipinski definition) is 1. The van der Waals surface area contributed by atoms with Crippen molar-refractivity contribution in [2.45, 2.75) is 63.0 Å². The highest BCUT2D eigenvalue weighted by atomic mass is 16.6. The molecule has 2 unspecified atom stereocenters. The minimum absolute atomic E-state index is 0.0741. The van der Waals surface area contributed by atoms with Crippen molar-refractivity contribution in [3.63, 3.8) is 0 Å². The first-order valence-electron chi connectivity index (χ1n) is 12.1. The summed E-state index contributed by atoms with van der Waals surface area (Å²) in [6.45, 7) is 2.49. The number of rotatable bonds is 9. The molecule has 1 aromatic heterocycles. The van der Waals surface area contributed by atoms with Crippen molar-refractivity contribution >= 4 is 5.97 Å². The molecule has 1 aliphatic heterocycles. The molecular weight excluding hydrogens is 402 g/mol. The minimum atomic E-state index is -1.55. The molecule has 0 amide bonds. The van der Waals surface area contributed by atoms with Gasteiger partial charge in [-0.15, -0.1) is 0 Å². The van der Waals surface area contributed by atoms with Crippen LogP contribution < -0.4 is 0 Å². The van der Waals surface area contributed by atoms with Crippen molar-refractivity contribution in [1.82, 2.24) is 9.97 Å². The summed E-state index contributed by atoms with van der Waals surface area (Å²) in [5.74, 6) is -0.551. The molecule has 172 valence electrons. The van der Waals surface area contributed by atoms with Gasteiger partial charge in [0.2, 0.25) is 0 Å². The van der Waals surface area contributed by atoms with Gasteiger partial charge in [-0.3, -0.25) is 0 Å². The number of esters is 1. The van der Waals surface area contributed by atoms with E-state index in [1.54, 1.807) is 6.33 Å². The zero-order valence-corrected chi connectivity index (χ0v) is 19.2. The maximum absolute atomic E-state index is 13.3. The second-order valence-electron chi connectivity index (χ2n) is 9.79.